The Labute approximate surface area is 110 Å². The fourth-order valence-electron chi connectivity index (χ4n) is 1.39. The average Bonchev–Trinajstić information content (AvgIpc) is 2.40. The van der Waals surface area contributed by atoms with E-state index in [0.29, 0.717) is 5.69 Å². The van der Waals surface area contributed by atoms with E-state index >= 15 is 0 Å². The molecule has 0 aliphatic heterocycles. The van der Waals surface area contributed by atoms with Gasteiger partial charge in [0.1, 0.15) is 17.5 Å². The standard InChI is InChI=1S/C11H9F4N5/c12-6-1-3-7(4-2-6)17-8-5-9(20-16)19-10(18-8)11(13,14)15/h1-5H,16H2,(H2,17,18,19,20). The van der Waals surface area contributed by atoms with Gasteiger partial charge < -0.3 is 10.7 Å². The number of halogens is 4. The van der Waals surface area contributed by atoms with Gasteiger partial charge in [0.05, 0.1) is 0 Å². The van der Waals surface area contributed by atoms with Crippen molar-refractivity contribution < 1.29 is 17.6 Å². The lowest BCUT2D eigenvalue weighted by atomic mass is 10.3. The number of benzene rings is 1. The first kappa shape index (κ1) is 14.0. The van der Waals surface area contributed by atoms with E-state index in [1.807, 2.05) is 5.43 Å². The van der Waals surface area contributed by atoms with Crippen LogP contribution in [0.4, 0.5) is 34.9 Å². The van der Waals surface area contributed by atoms with Gasteiger partial charge in [-0.2, -0.15) is 13.2 Å². The largest absolute Gasteiger partial charge is 0.451 e. The molecule has 0 aliphatic carbocycles. The second kappa shape index (κ2) is 5.29. The van der Waals surface area contributed by atoms with Crippen LogP contribution in [0.25, 0.3) is 0 Å². The molecule has 1 heterocycles. The zero-order valence-corrected chi connectivity index (χ0v) is 9.87. The lowest BCUT2D eigenvalue weighted by Crippen LogP contribution is -2.16. The third-order valence-electron chi connectivity index (χ3n) is 2.24. The van der Waals surface area contributed by atoms with Gasteiger partial charge in [0.15, 0.2) is 0 Å². The third kappa shape index (κ3) is 3.32. The van der Waals surface area contributed by atoms with Crippen molar-refractivity contribution in [3.63, 3.8) is 0 Å². The Balaban J connectivity index is 2.33. The van der Waals surface area contributed by atoms with Gasteiger partial charge in [0.2, 0.25) is 5.82 Å². The summed E-state index contributed by atoms with van der Waals surface area (Å²) in [6.07, 6.45) is -4.70. The summed E-state index contributed by atoms with van der Waals surface area (Å²) >= 11 is 0. The smallest absolute Gasteiger partial charge is 0.340 e. The molecule has 0 unspecified atom stereocenters. The number of nitrogens with zero attached hydrogens (tertiary/aromatic N) is 2. The van der Waals surface area contributed by atoms with Crippen molar-refractivity contribution in [1.82, 2.24) is 9.97 Å². The number of anilines is 3. The molecule has 0 saturated heterocycles. The highest BCUT2D eigenvalue weighted by atomic mass is 19.4. The highest BCUT2D eigenvalue weighted by molar-refractivity contribution is 5.59. The summed E-state index contributed by atoms with van der Waals surface area (Å²) in [7, 11) is 0. The molecule has 106 valence electrons. The Morgan fingerprint density at radius 1 is 1.00 bits per heavy atom. The molecule has 9 heteroatoms. The van der Waals surface area contributed by atoms with Gasteiger partial charge in [-0.15, -0.1) is 0 Å². The Hall–Kier alpha value is -2.42. The van der Waals surface area contributed by atoms with Crippen molar-refractivity contribution in [3.05, 3.63) is 42.0 Å². The number of hydrogen-bond acceptors (Lipinski definition) is 5. The molecule has 0 fully saturated rings. The Bertz CT molecular complexity index is 597. The minimum absolute atomic E-state index is 0.119. The minimum atomic E-state index is -4.70. The maximum Gasteiger partial charge on any atom is 0.451 e. The minimum Gasteiger partial charge on any atom is -0.340 e. The SMILES string of the molecule is NNc1cc(Nc2ccc(F)cc2)nc(C(F)(F)F)n1. The molecule has 0 spiro atoms. The quantitative estimate of drug-likeness (QED) is 0.459. The fourth-order valence-corrected chi connectivity index (χ4v) is 1.39. The summed E-state index contributed by atoms with van der Waals surface area (Å²) in [5, 5.41) is 2.60. The van der Waals surface area contributed by atoms with E-state index in [4.69, 9.17) is 5.84 Å². The summed E-state index contributed by atoms with van der Waals surface area (Å²) in [6.45, 7) is 0. The summed E-state index contributed by atoms with van der Waals surface area (Å²) < 4.78 is 50.6. The van der Waals surface area contributed by atoms with Gasteiger partial charge in [-0.05, 0) is 24.3 Å². The second-order valence-corrected chi connectivity index (χ2v) is 3.74. The molecule has 1 aromatic heterocycles. The van der Waals surface area contributed by atoms with Gasteiger partial charge in [-0.3, -0.25) is 0 Å². The normalized spacial score (nSPS) is 11.2. The predicted molar refractivity (Wildman–Crippen MR) is 64.5 cm³/mol. The maximum atomic E-state index is 12.7. The van der Waals surface area contributed by atoms with Crippen LogP contribution in [0, 0.1) is 5.82 Å². The average molecular weight is 287 g/mol. The lowest BCUT2D eigenvalue weighted by molar-refractivity contribution is -0.144. The van der Waals surface area contributed by atoms with Crippen LogP contribution in [-0.4, -0.2) is 9.97 Å². The van der Waals surface area contributed by atoms with Crippen molar-refractivity contribution in [1.29, 1.82) is 0 Å². The number of aromatic nitrogens is 2. The van der Waals surface area contributed by atoms with Gasteiger partial charge in [-0.1, -0.05) is 0 Å². The molecule has 0 atom stereocenters. The molecule has 2 aromatic rings. The van der Waals surface area contributed by atoms with E-state index in [-0.39, 0.29) is 11.6 Å². The predicted octanol–water partition coefficient (Wildman–Crippen LogP) is 2.66. The molecular weight excluding hydrogens is 278 g/mol. The third-order valence-corrected chi connectivity index (χ3v) is 2.24. The van der Waals surface area contributed by atoms with E-state index in [1.54, 1.807) is 0 Å². The zero-order chi connectivity index (χ0) is 14.8. The highest BCUT2D eigenvalue weighted by Crippen LogP contribution is 2.28. The van der Waals surface area contributed by atoms with Crippen LogP contribution in [0.3, 0.4) is 0 Å². The summed E-state index contributed by atoms with van der Waals surface area (Å²) in [4.78, 5) is 6.54. The Morgan fingerprint density at radius 2 is 1.60 bits per heavy atom. The molecule has 0 radical (unpaired) electrons. The van der Waals surface area contributed by atoms with Gasteiger partial charge in [0.25, 0.3) is 0 Å². The number of hydrazine groups is 1. The molecule has 0 aliphatic rings. The van der Waals surface area contributed by atoms with Crippen molar-refractivity contribution in [2.45, 2.75) is 6.18 Å². The Morgan fingerprint density at radius 3 is 2.15 bits per heavy atom. The first-order valence-electron chi connectivity index (χ1n) is 5.34. The van der Waals surface area contributed by atoms with E-state index < -0.39 is 17.8 Å². The zero-order valence-electron chi connectivity index (χ0n) is 9.87. The second-order valence-electron chi connectivity index (χ2n) is 3.74. The van der Waals surface area contributed by atoms with Crippen molar-refractivity contribution in [2.75, 3.05) is 10.7 Å². The summed E-state index contributed by atoms with van der Waals surface area (Å²) in [5.74, 6) is 2.95. The first-order chi connectivity index (χ1) is 9.38. The lowest BCUT2D eigenvalue weighted by Gasteiger charge is -2.11. The van der Waals surface area contributed by atoms with Gasteiger partial charge in [0, 0.05) is 11.8 Å². The van der Waals surface area contributed by atoms with Crippen LogP contribution in [0.2, 0.25) is 0 Å². The number of nitrogen functional groups attached to an aromatic ring is 1. The van der Waals surface area contributed by atoms with Crippen LogP contribution in [0.5, 0.6) is 0 Å². The van der Waals surface area contributed by atoms with Crippen molar-refractivity contribution in [3.8, 4) is 0 Å². The monoisotopic (exact) mass is 287 g/mol. The molecule has 1 aromatic carbocycles. The van der Waals surface area contributed by atoms with Crippen LogP contribution >= 0.6 is 0 Å². The summed E-state index contributed by atoms with van der Waals surface area (Å²) in [6, 6.07) is 6.24. The first-order valence-corrected chi connectivity index (χ1v) is 5.34. The number of hydrogen-bond donors (Lipinski definition) is 3. The maximum absolute atomic E-state index is 12.7. The van der Waals surface area contributed by atoms with Crippen LogP contribution in [0.15, 0.2) is 30.3 Å². The van der Waals surface area contributed by atoms with Crippen LogP contribution in [-0.2, 0) is 6.18 Å². The van der Waals surface area contributed by atoms with Crippen molar-refractivity contribution >= 4 is 17.3 Å². The molecule has 20 heavy (non-hydrogen) atoms. The molecular formula is C11H9F4N5. The Kier molecular flexibility index (Phi) is 3.70. The molecule has 2 rings (SSSR count). The van der Waals surface area contributed by atoms with E-state index in [0.717, 1.165) is 12.1 Å². The molecule has 5 nitrogen and oxygen atoms in total. The van der Waals surface area contributed by atoms with Crippen molar-refractivity contribution in [2.24, 2.45) is 5.84 Å². The molecule has 0 amide bonds. The van der Waals surface area contributed by atoms with E-state index in [9.17, 15) is 17.6 Å². The van der Waals surface area contributed by atoms with Gasteiger partial charge in [-0.25, -0.2) is 20.2 Å². The van der Waals surface area contributed by atoms with E-state index in [1.165, 1.54) is 18.2 Å². The highest BCUT2D eigenvalue weighted by Gasteiger charge is 2.35. The van der Waals surface area contributed by atoms with Crippen LogP contribution < -0.4 is 16.6 Å². The number of nitrogens with one attached hydrogen (secondary N) is 2. The number of rotatable bonds is 3. The van der Waals surface area contributed by atoms with E-state index in [2.05, 4.69) is 15.3 Å². The topological polar surface area (TPSA) is 75.9 Å². The number of alkyl halides is 3. The molecule has 0 bridgehead atoms. The fraction of sp³-hybridized carbons (Fsp3) is 0.0909. The molecule has 4 N–H and O–H groups in total. The summed E-state index contributed by atoms with van der Waals surface area (Å²) in [5.41, 5.74) is 2.40. The molecule has 0 saturated carbocycles. The number of nitrogens with two attached hydrogens (primary N) is 1. The van der Waals surface area contributed by atoms with Gasteiger partial charge >= 0.3 is 6.18 Å². The van der Waals surface area contributed by atoms with Crippen LogP contribution in [0.1, 0.15) is 5.82 Å².